The molecular formula is C17H15F4N3O2. The minimum Gasteiger partial charge on any atom is -0.437 e. The standard InChI is InChI=1S/C17H15F4N3O2/c1-9-11-4-3-5-13(14(11)16(25)24(9)7-6-18)26-15-12(17(19,20)21)8-22-10(2)23-15/h3-5,8-9H,6-7H2,1-2H3/t9-/m0/s1. The lowest BCUT2D eigenvalue weighted by Gasteiger charge is -2.19. The average molecular weight is 369 g/mol. The third-order valence-electron chi connectivity index (χ3n) is 4.16. The number of aromatic nitrogens is 2. The molecule has 1 aliphatic rings. The molecule has 5 nitrogen and oxygen atoms in total. The SMILES string of the molecule is Cc1ncc(C(F)(F)F)c(Oc2cccc3c2C(=O)N(CCF)[C@H]3C)n1. The largest absolute Gasteiger partial charge is 0.437 e. The maximum atomic E-state index is 13.2. The molecular weight excluding hydrogens is 354 g/mol. The molecule has 26 heavy (non-hydrogen) atoms. The van der Waals surface area contributed by atoms with Crippen LogP contribution in [0.15, 0.2) is 24.4 Å². The molecule has 0 saturated carbocycles. The van der Waals surface area contributed by atoms with Crippen LogP contribution in [-0.2, 0) is 6.18 Å². The zero-order valence-electron chi connectivity index (χ0n) is 14.0. The van der Waals surface area contributed by atoms with E-state index in [0.29, 0.717) is 11.8 Å². The first-order valence-corrected chi connectivity index (χ1v) is 7.82. The highest BCUT2D eigenvalue weighted by Crippen LogP contribution is 2.41. The highest BCUT2D eigenvalue weighted by Gasteiger charge is 2.39. The molecule has 3 rings (SSSR count). The van der Waals surface area contributed by atoms with Crippen LogP contribution in [0.5, 0.6) is 11.6 Å². The van der Waals surface area contributed by atoms with Gasteiger partial charge in [0.15, 0.2) is 0 Å². The van der Waals surface area contributed by atoms with Gasteiger partial charge in [-0.25, -0.2) is 9.37 Å². The highest BCUT2D eigenvalue weighted by molar-refractivity contribution is 6.01. The van der Waals surface area contributed by atoms with E-state index in [9.17, 15) is 22.4 Å². The molecule has 1 aliphatic heterocycles. The van der Waals surface area contributed by atoms with Gasteiger partial charge in [-0.1, -0.05) is 12.1 Å². The van der Waals surface area contributed by atoms with E-state index in [0.717, 1.165) is 0 Å². The molecule has 1 atom stereocenters. The summed E-state index contributed by atoms with van der Waals surface area (Å²) >= 11 is 0. The number of halogens is 4. The molecule has 9 heteroatoms. The second kappa shape index (κ2) is 6.54. The maximum Gasteiger partial charge on any atom is 0.423 e. The van der Waals surface area contributed by atoms with Gasteiger partial charge in [0.1, 0.15) is 23.8 Å². The molecule has 0 spiro atoms. The van der Waals surface area contributed by atoms with Gasteiger partial charge in [0.05, 0.1) is 11.6 Å². The number of benzene rings is 1. The first-order valence-electron chi connectivity index (χ1n) is 7.82. The topological polar surface area (TPSA) is 55.3 Å². The third-order valence-corrected chi connectivity index (χ3v) is 4.16. The zero-order valence-corrected chi connectivity index (χ0v) is 14.0. The van der Waals surface area contributed by atoms with Crippen LogP contribution in [0.4, 0.5) is 17.6 Å². The average Bonchev–Trinajstić information content (AvgIpc) is 2.80. The Bertz CT molecular complexity index is 854. The summed E-state index contributed by atoms with van der Waals surface area (Å²) in [6, 6.07) is 4.22. The van der Waals surface area contributed by atoms with Crippen LogP contribution < -0.4 is 4.74 Å². The fourth-order valence-electron chi connectivity index (χ4n) is 2.91. The lowest BCUT2D eigenvalue weighted by molar-refractivity contribution is -0.139. The van der Waals surface area contributed by atoms with Crippen molar-refractivity contribution in [3.63, 3.8) is 0 Å². The van der Waals surface area contributed by atoms with Crippen LogP contribution in [0.1, 0.15) is 40.3 Å². The predicted molar refractivity (Wildman–Crippen MR) is 83.7 cm³/mol. The fourth-order valence-corrected chi connectivity index (χ4v) is 2.91. The summed E-state index contributed by atoms with van der Waals surface area (Å²) < 4.78 is 57.7. The molecule has 0 radical (unpaired) electrons. The van der Waals surface area contributed by atoms with Gasteiger partial charge in [-0.15, -0.1) is 0 Å². The summed E-state index contributed by atoms with van der Waals surface area (Å²) in [6.45, 7) is 2.33. The molecule has 0 bridgehead atoms. The maximum absolute atomic E-state index is 13.2. The van der Waals surface area contributed by atoms with Gasteiger partial charge >= 0.3 is 6.18 Å². The van der Waals surface area contributed by atoms with Crippen molar-refractivity contribution in [1.82, 2.24) is 14.9 Å². The van der Waals surface area contributed by atoms with Crippen molar-refractivity contribution in [1.29, 1.82) is 0 Å². The van der Waals surface area contributed by atoms with Gasteiger partial charge in [-0.05, 0) is 25.5 Å². The number of rotatable bonds is 4. The van der Waals surface area contributed by atoms with Crippen molar-refractivity contribution in [2.45, 2.75) is 26.1 Å². The molecule has 1 aromatic carbocycles. The molecule has 2 heterocycles. The number of carbonyl (C=O) groups is 1. The van der Waals surface area contributed by atoms with Crippen molar-refractivity contribution in [3.05, 3.63) is 46.9 Å². The summed E-state index contributed by atoms with van der Waals surface area (Å²) in [5, 5.41) is 0. The summed E-state index contributed by atoms with van der Waals surface area (Å²) in [4.78, 5) is 21.2. The number of carbonyl (C=O) groups excluding carboxylic acids is 1. The Morgan fingerprint density at radius 1 is 1.31 bits per heavy atom. The van der Waals surface area contributed by atoms with E-state index < -0.39 is 36.2 Å². The van der Waals surface area contributed by atoms with Crippen molar-refractivity contribution < 1.29 is 27.1 Å². The lowest BCUT2D eigenvalue weighted by atomic mass is 10.1. The zero-order chi connectivity index (χ0) is 19.1. The van der Waals surface area contributed by atoms with E-state index in [-0.39, 0.29) is 23.7 Å². The van der Waals surface area contributed by atoms with Gasteiger partial charge < -0.3 is 9.64 Å². The summed E-state index contributed by atoms with van der Waals surface area (Å²) in [5.74, 6) is -1.12. The molecule has 1 aromatic heterocycles. The molecule has 138 valence electrons. The second-order valence-electron chi connectivity index (χ2n) is 5.82. The normalized spacial score (nSPS) is 16.8. The predicted octanol–water partition coefficient (Wildman–Crippen LogP) is 4.08. The Morgan fingerprint density at radius 2 is 2.04 bits per heavy atom. The molecule has 1 amide bonds. The van der Waals surface area contributed by atoms with Crippen LogP contribution >= 0.6 is 0 Å². The minimum atomic E-state index is -4.71. The summed E-state index contributed by atoms with van der Waals surface area (Å²) in [5.41, 5.74) is -0.446. The first-order chi connectivity index (χ1) is 12.2. The number of hydrogen-bond acceptors (Lipinski definition) is 4. The highest BCUT2D eigenvalue weighted by atomic mass is 19.4. The van der Waals surface area contributed by atoms with E-state index in [1.807, 2.05) is 0 Å². The van der Waals surface area contributed by atoms with Crippen LogP contribution in [0.25, 0.3) is 0 Å². The van der Waals surface area contributed by atoms with Crippen molar-refractivity contribution in [2.75, 3.05) is 13.2 Å². The Balaban J connectivity index is 2.05. The molecule has 0 fully saturated rings. The van der Waals surface area contributed by atoms with Crippen LogP contribution in [-0.4, -0.2) is 34.0 Å². The van der Waals surface area contributed by atoms with Crippen LogP contribution in [0.3, 0.4) is 0 Å². The molecule has 0 unspecified atom stereocenters. The molecule has 0 saturated heterocycles. The second-order valence-corrected chi connectivity index (χ2v) is 5.82. The number of amides is 1. The van der Waals surface area contributed by atoms with Crippen molar-refractivity contribution in [3.8, 4) is 11.6 Å². The van der Waals surface area contributed by atoms with Crippen molar-refractivity contribution in [2.24, 2.45) is 0 Å². The van der Waals surface area contributed by atoms with E-state index >= 15 is 0 Å². The number of ether oxygens (including phenoxy) is 1. The lowest BCUT2D eigenvalue weighted by Crippen LogP contribution is -2.28. The Kier molecular flexibility index (Phi) is 4.55. The van der Waals surface area contributed by atoms with Crippen molar-refractivity contribution >= 4 is 5.91 Å². The number of alkyl halides is 4. The van der Waals surface area contributed by atoms with Crippen LogP contribution in [0.2, 0.25) is 0 Å². The molecule has 2 aromatic rings. The Hall–Kier alpha value is -2.71. The van der Waals surface area contributed by atoms with E-state index in [1.165, 1.54) is 17.9 Å². The van der Waals surface area contributed by atoms with Crippen LogP contribution in [0, 0.1) is 6.92 Å². The Labute approximate surface area is 146 Å². The fraction of sp³-hybridized carbons (Fsp3) is 0.353. The smallest absolute Gasteiger partial charge is 0.423 e. The van der Waals surface area contributed by atoms with Gasteiger partial charge in [-0.3, -0.25) is 4.79 Å². The number of aryl methyl sites for hydroxylation is 1. The van der Waals surface area contributed by atoms with Gasteiger partial charge in [0.25, 0.3) is 5.91 Å². The van der Waals surface area contributed by atoms with E-state index in [1.54, 1.807) is 19.1 Å². The molecule has 0 N–H and O–H groups in total. The summed E-state index contributed by atoms with van der Waals surface area (Å²) in [7, 11) is 0. The Morgan fingerprint density at radius 3 is 2.69 bits per heavy atom. The van der Waals surface area contributed by atoms with E-state index in [2.05, 4.69) is 9.97 Å². The monoisotopic (exact) mass is 369 g/mol. The number of hydrogen-bond donors (Lipinski definition) is 0. The van der Waals surface area contributed by atoms with Gasteiger partial charge in [0, 0.05) is 12.7 Å². The third kappa shape index (κ3) is 3.09. The summed E-state index contributed by atoms with van der Waals surface area (Å²) in [6.07, 6.45) is -4.07. The number of fused-ring (bicyclic) bond motifs is 1. The van der Waals surface area contributed by atoms with Gasteiger partial charge in [0.2, 0.25) is 5.88 Å². The van der Waals surface area contributed by atoms with E-state index in [4.69, 9.17) is 4.74 Å². The molecule has 0 aliphatic carbocycles. The number of nitrogens with zero attached hydrogens (tertiary/aromatic N) is 3. The quantitative estimate of drug-likeness (QED) is 0.762. The van der Waals surface area contributed by atoms with Gasteiger partial charge in [-0.2, -0.15) is 18.2 Å². The minimum absolute atomic E-state index is 0.0516. The first kappa shape index (κ1) is 18.1.